The van der Waals surface area contributed by atoms with E-state index in [1.54, 1.807) is 0 Å². The maximum Gasteiger partial charge on any atom is 0.240 e. The standard InChI is InChI=1S/C23H28FN3O/c24-21-10-8-20(9-11-21)17-25-13-15-26(16-14-25)22-7-4-12-27(23(22)28)18-19-5-2-1-3-6-19/h1-3,5-6,8-11,22H,4,7,12-18H2. The highest BCUT2D eigenvalue weighted by molar-refractivity contribution is 5.82. The van der Waals surface area contributed by atoms with Crippen molar-refractivity contribution in [2.45, 2.75) is 32.0 Å². The van der Waals surface area contributed by atoms with E-state index in [0.29, 0.717) is 6.54 Å². The summed E-state index contributed by atoms with van der Waals surface area (Å²) >= 11 is 0. The van der Waals surface area contributed by atoms with Crippen LogP contribution in [0.2, 0.25) is 0 Å². The first-order chi connectivity index (χ1) is 13.7. The normalized spacial score (nSPS) is 21.8. The molecule has 2 aromatic rings. The molecule has 2 saturated heterocycles. The van der Waals surface area contributed by atoms with E-state index in [0.717, 1.165) is 57.7 Å². The molecule has 1 unspecified atom stereocenters. The Morgan fingerprint density at radius 1 is 0.821 bits per heavy atom. The number of halogens is 1. The van der Waals surface area contributed by atoms with E-state index in [4.69, 9.17) is 0 Å². The van der Waals surface area contributed by atoms with Gasteiger partial charge in [-0.25, -0.2) is 4.39 Å². The van der Waals surface area contributed by atoms with Crippen molar-refractivity contribution in [3.8, 4) is 0 Å². The van der Waals surface area contributed by atoms with Crippen molar-refractivity contribution in [3.05, 3.63) is 71.5 Å². The molecule has 2 aliphatic heterocycles. The molecule has 1 amide bonds. The van der Waals surface area contributed by atoms with Crippen molar-refractivity contribution in [2.75, 3.05) is 32.7 Å². The van der Waals surface area contributed by atoms with Crippen LogP contribution in [0.15, 0.2) is 54.6 Å². The summed E-state index contributed by atoms with van der Waals surface area (Å²) < 4.78 is 13.1. The van der Waals surface area contributed by atoms with Gasteiger partial charge in [0.2, 0.25) is 5.91 Å². The quantitative estimate of drug-likeness (QED) is 0.796. The molecule has 5 heteroatoms. The van der Waals surface area contributed by atoms with Crippen molar-refractivity contribution in [2.24, 2.45) is 0 Å². The first-order valence-corrected chi connectivity index (χ1v) is 10.2. The molecular formula is C23H28FN3O. The van der Waals surface area contributed by atoms with E-state index in [9.17, 15) is 9.18 Å². The third-order valence-electron chi connectivity index (χ3n) is 5.89. The van der Waals surface area contributed by atoms with E-state index in [-0.39, 0.29) is 17.8 Å². The molecule has 4 nitrogen and oxygen atoms in total. The predicted molar refractivity (Wildman–Crippen MR) is 108 cm³/mol. The zero-order valence-electron chi connectivity index (χ0n) is 16.3. The molecule has 2 fully saturated rings. The van der Waals surface area contributed by atoms with Gasteiger partial charge in [-0.15, -0.1) is 0 Å². The second kappa shape index (κ2) is 8.84. The number of benzene rings is 2. The Morgan fingerprint density at radius 3 is 2.21 bits per heavy atom. The van der Waals surface area contributed by atoms with Gasteiger partial charge in [0.25, 0.3) is 0 Å². The van der Waals surface area contributed by atoms with Gasteiger partial charge in [-0.05, 0) is 36.1 Å². The Labute approximate surface area is 166 Å². The Balaban J connectivity index is 1.31. The molecule has 2 aromatic carbocycles. The first kappa shape index (κ1) is 19.1. The van der Waals surface area contributed by atoms with Crippen LogP contribution in [0.4, 0.5) is 4.39 Å². The van der Waals surface area contributed by atoms with Gasteiger partial charge in [-0.1, -0.05) is 42.5 Å². The smallest absolute Gasteiger partial charge is 0.240 e. The van der Waals surface area contributed by atoms with Crippen LogP contribution in [0, 0.1) is 5.82 Å². The summed E-state index contributed by atoms with van der Waals surface area (Å²) in [7, 11) is 0. The summed E-state index contributed by atoms with van der Waals surface area (Å²) in [6.45, 7) is 6.12. The highest BCUT2D eigenvalue weighted by atomic mass is 19.1. The molecule has 2 aliphatic rings. The number of hydrogen-bond acceptors (Lipinski definition) is 3. The van der Waals surface area contributed by atoms with Crippen LogP contribution < -0.4 is 0 Å². The Bertz CT molecular complexity index is 772. The van der Waals surface area contributed by atoms with Crippen molar-refractivity contribution in [3.63, 3.8) is 0 Å². The van der Waals surface area contributed by atoms with Gasteiger partial charge in [-0.2, -0.15) is 0 Å². The van der Waals surface area contributed by atoms with Crippen molar-refractivity contribution in [1.29, 1.82) is 0 Å². The highest BCUT2D eigenvalue weighted by Crippen LogP contribution is 2.21. The average molecular weight is 381 g/mol. The molecule has 0 bridgehead atoms. The van der Waals surface area contributed by atoms with Crippen LogP contribution >= 0.6 is 0 Å². The number of carbonyl (C=O) groups is 1. The molecular weight excluding hydrogens is 353 g/mol. The number of hydrogen-bond donors (Lipinski definition) is 0. The average Bonchev–Trinajstić information content (AvgIpc) is 2.73. The molecule has 0 aliphatic carbocycles. The van der Waals surface area contributed by atoms with Gasteiger partial charge in [0, 0.05) is 45.8 Å². The van der Waals surface area contributed by atoms with Crippen LogP contribution in [0.3, 0.4) is 0 Å². The maximum absolute atomic E-state index is 13.1. The minimum absolute atomic E-state index is 0.0189. The van der Waals surface area contributed by atoms with Crippen LogP contribution in [-0.2, 0) is 17.9 Å². The highest BCUT2D eigenvalue weighted by Gasteiger charge is 2.34. The molecule has 0 aromatic heterocycles. The SMILES string of the molecule is O=C1C(N2CCN(Cc3ccc(F)cc3)CC2)CCCN1Cc1ccccc1. The number of piperazine rings is 1. The lowest BCUT2D eigenvalue weighted by Crippen LogP contribution is -2.57. The molecule has 4 rings (SSSR count). The fourth-order valence-corrected chi connectivity index (χ4v) is 4.30. The van der Waals surface area contributed by atoms with E-state index >= 15 is 0 Å². The molecule has 0 saturated carbocycles. The number of nitrogens with zero attached hydrogens (tertiary/aromatic N) is 3. The van der Waals surface area contributed by atoms with Gasteiger partial charge >= 0.3 is 0 Å². The first-order valence-electron chi connectivity index (χ1n) is 10.2. The summed E-state index contributed by atoms with van der Waals surface area (Å²) in [4.78, 5) is 19.8. The summed E-state index contributed by atoms with van der Waals surface area (Å²) in [5.74, 6) is 0.0894. The molecule has 0 spiro atoms. The fraction of sp³-hybridized carbons (Fsp3) is 0.435. The minimum Gasteiger partial charge on any atom is -0.337 e. The Morgan fingerprint density at radius 2 is 1.50 bits per heavy atom. The molecule has 1 atom stereocenters. The number of likely N-dealkylation sites (tertiary alicyclic amines) is 1. The van der Waals surface area contributed by atoms with Crippen LogP contribution in [0.25, 0.3) is 0 Å². The number of amides is 1. The Hall–Kier alpha value is -2.24. The van der Waals surface area contributed by atoms with Crippen molar-refractivity contribution < 1.29 is 9.18 Å². The monoisotopic (exact) mass is 381 g/mol. The van der Waals surface area contributed by atoms with Crippen LogP contribution in [-0.4, -0.2) is 59.4 Å². The number of rotatable bonds is 5. The Kier molecular flexibility index (Phi) is 6.03. The predicted octanol–water partition coefficient (Wildman–Crippen LogP) is 3.13. The van der Waals surface area contributed by atoms with Gasteiger partial charge in [0.05, 0.1) is 6.04 Å². The van der Waals surface area contributed by atoms with E-state index < -0.39 is 0 Å². The third kappa shape index (κ3) is 4.59. The summed E-state index contributed by atoms with van der Waals surface area (Å²) in [6.07, 6.45) is 2.03. The van der Waals surface area contributed by atoms with Gasteiger partial charge in [0.15, 0.2) is 0 Å². The second-order valence-electron chi connectivity index (χ2n) is 7.84. The van der Waals surface area contributed by atoms with E-state index in [2.05, 4.69) is 21.9 Å². The van der Waals surface area contributed by atoms with Gasteiger partial charge < -0.3 is 4.90 Å². The summed E-state index contributed by atoms with van der Waals surface area (Å²) in [5, 5.41) is 0. The van der Waals surface area contributed by atoms with E-state index in [1.807, 2.05) is 35.2 Å². The van der Waals surface area contributed by atoms with Gasteiger partial charge in [0.1, 0.15) is 5.82 Å². The molecule has 0 radical (unpaired) electrons. The lowest BCUT2D eigenvalue weighted by atomic mass is 10.0. The molecule has 28 heavy (non-hydrogen) atoms. The fourth-order valence-electron chi connectivity index (χ4n) is 4.30. The zero-order chi connectivity index (χ0) is 19.3. The maximum atomic E-state index is 13.1. The van der Waals surface area contributed by atoms with E-state index in [1.165, 1.54) is 17.7 Å². The minimum atomic E-state index is -0.190. The summed E-state index contributed by atoms with van der Waals surface area (Å²) in [6, 6.07) is 17.0. The number of piperidine rings is 1. The molecule has 148 valence electrons. The zero-order valence-corrected chi connectivity index (χ0v) is 16.3. The lowest BCUT2D eigenvalue weighted by Gasteiger charge is -2.42. The molecule has 2 heterocycles. The summed E-state index contributed by atoms with van der Waals surface area (Å²) in [5.41, 5.74) is 2.33. The lowest BCUT2D eigenvalue weighted by molar-refractivity contribution is -0.141. The van der Waals surface area contributed by atoms with Crippen LogP contribution in [0.1, 0.15) is 24.0 Å². The number of carbonyl (C=O) groups excluding carboxylic acids is 1. The van der Waals surface area contributed by atoms with Crippen LogP contribution in [0.5, 0.6) is 0 Å². The third-order valence-corrected chi connectivity index (χ3v) is 5.89. The molecule has 0 N–H and O–H groups in total. The van der Waals surface area contributed by atoms with Crippen molar-refractivity contribution in [1.82, 2.24) is 14.7 Å². The van der Waals surface area contributed by atoms with Gasteiger partial charge in [-0.3, -0.25) is 14.6 Å². The van der Waals surface area contributed by atoms with Crippen molar-refractivity contribution >= 4 is 5.91 Å². The topological polar surface area (TPSA) is 26.8 Å². The largest absolute Gasteiger partial charge is 0.337 e. The second-order valence-corrected chi connectivity index (χ2v) is 7.84.